The predicted octanol–water partition coefficient (Wildman–Crippen LogP) is 2.66. The highest BCUT2D eigenvalue weighted by Gasteiger charge is 2.29. The minimum Gasteiger partial charge on any atom is -0.354 e. The van der Waals surface area contributed by atoms with Crippen molar-refractivity contribution in [2.24, 2.45) is 0 Å². The fourth-order valence-electron chi connectivity index (χ4n) is 2.76. The van der Waals surface area contributed by atoms with Crippen LogP contribution in [0.1, 0.15) is 36.9 Å². The van der Waals surface area contributed by atoms with Gasteiger partial charge in [-0.2, -0.15) is 0 Å². The molecular formula is C14H16ClN5. The Bertz CT molecular complexity index is 604. The molecular weight excluding hydrogens is 274 g/mol. The summed E-state index contributed by atoms with van der Waals surface area (Å²) >= 11 is 5.88. The average Bonchev–Trinajstić information content (AvgIpc) is 3.01. The number of nitrogens with zero attached hydrogens (tertiary/aromatic N) is 5. The molecule has 0 bridgehead atoms. The van der Waals surface area contributed by atoms with Crippen LogP contribution in [0.3, 0.4) is 0 Å². The maximum absolute atomic E-state index is 5.88. The van der Waals surface area contributed by atoms with E-state index in [0.29, 0.717) is 17.0 Å². The molecule has 0 amide bonds. The van der Waals surface area contributed by atoms with Gasteiger partial charge in [-0.25, -0.2) is 9.67 Å². The molecule has 0 radical (unpaired) electrons. The first kappa shape index (κ1) is 12.1. The maximum atomic E-state index is 5.88. The lowest BCUT2D eigenvalue weighted by Crippen LogP contribution is -2.22. The summed E-state index contributed by atoms with van der Waals surface area (Å²) in [6.45, 7) is 1.93. The summed E-state index contributed by atoms with van der Waals surface area (Å²) in [5, 5.41) is 9.27. The van der Waals surface area contributed by atoms with Crippen molar-refractivity contribution in [2.45, 2.75) is 31.2 Å². The fraction of sp³-hybridized carbons (Fsp3) is 0.500. The van der Waals surface area contributed by atoms with Crippen molar-refractivity contribution >= 4 is 17.4 Å². The van der Waals surface area contributed by atoms with Crippen LogP contribution in [0, 0.1) is 0 Å². The second kappa shape index (κ2) is 4.74. The summed E-state index contributed by atoms with van der Waals surface area (Å²) in [5.41, 5.74) is 1.16. The van der Waals surface area contributed by atoms with Crippen LogP contribution in [-0.2, 0) is 0 Å². The minimum atomic E-state index is 0.396. The van der Waals surface area contributed by atoms with E-state index in [-0.39, 0.29) is 0 Å². The van der Waals surface area contributed by atoms with E-state index in [1.54, 1.807) is 6.20 Å². The van der Waals surface area contributed by atoms with E-state index in [2.05, 4.69) is 26.4 Å². The first-order valence-corrected chi connectivity index (χ1v) is 7.45. The number of halogens is 1. The molecule has 1 aliphatic carbocycles. The lowest BCUT2D eigenvalue weighted by atomic mass is 10.2. The molecule has 2 aliphatic rings. The molecule has 1 unspecified atom stereocenters. The van der Waals surface area contributed by atoms with Crippen LogP contribution in [-0.4, -0.2) is 33.1 Å². The molecule has 5 nitrogen and oxygen atoms in total. The smallest absolute Gasteiger partial charge is 0.128 e. The van der Waals surface area contributed by atoms with E-state index in [1.807, 2.05) is 16.8 Å². The van der Waals surface area contributed by atoms with Crippen LogP contribution >= 0.6 is 11.6 Å². The lowest BCUT2D eigenvalue weighted by molar-refractivity contribution is 0.479. The molecule has 0 aromatic carbocycles. The quantitative estimate of drug-likeness (QED) is 0.871. The molecule has 4 rings (SSSR count). The molecule has 104 valence electrons. The SMILES string of the molecule is Clc1ccc(N2CCC(n3cc(C4CC4)nn3)C2)nc1. The topological polar surface area (TPSA) is 46.8 Å². The zero-order chi connectivity index (χ0) is 13.5. The van der Waals surface area contributed by atoms with Gasteiger partial charge in [0, 0.05) is 31.4 Å². The zero-order valence-corrected chi connectivity index (χ0v) is 11.9. The van der Waals surface area contributed by atoms with E-state index in [0.717, 1.165) is 31.0 Å². The van der Waals surface area contributed by atoms with Crippen molar-refractivity contribution in [1.29, 1.82) is 0 Å². The van der Waals surface area contributed by atoms with Crippen LogP contribution in [0.5, 0.6) is 0 Å². The summed E-state index contributed by atoms with van der Waals surface area (Å²) in [7, 11) is 0. The first-order valence-electron chi connectivity index (χ1n) is 7.08. The highest BCUT2D eigenvalue weighted by molar-refractivity contribution is 6.30. The lowest BCUT2D eigenvalue weighted by Gasteiger charge is -2.17. The second-order valence-electron chi connectivity index (χ2n) is 5.62. The Morgan fingerprint density at radius 2 is 2.10 bits per heavy atom. The molecule has 1 atom stereocenters. The van der Waals surface area contributed by atoms with Crippen LogP contribution in [0.25, 0.3) is 0 Å². The third-order valence-electron chi connectivity index (χ3n) is 4.10. The molecule has 3 heterocycles. The van der Waals surface area contributed by atoms with E-state index in [1.165, 1.54) is 12.8 Å². The van der Waals surface area contributed by atoms with Gasteiger partial charge in [-0.1, -0.05) is 16.8 Å². The second-order valence-corrected chi connectivity index (χ2v) is 6.06. The van der Waals surface area contributed by atoms with Gasteiger partial charge >= 0.3 is 0 Å². The third kappa shape index (κ3) is 2.26. The van der Waals surface area contributed by atoms with Crippen LogP contribution in [0.4, 0.5) is 5.82 Å². The molecule has 20 heavy (non-hydrogen) atoms. The Morgan fingerprint density at radius 1 is 1.20 bits per heavy atom. The van der Waals surface area contributed by atoms with Gasteiger partial charge in [-0.3, -0.25) is 0 Å². The zero-order valence-electron chi connectivity index (χ0n) is 11.1. The Balaban J connectivity index is 1.47. The first-order chi connectivity index (χ1) is 9.79. The van der Waals surface area contributed by atoms with Gasteiger partial charge in [0.25, 0.3) is 0 Å². The largest absolute Gasteiger partial charge is 0.354 e. The van der Waals surface area contributed by atoms with Crippen LogP contribution < -0.4 is 4.90 Å². The number of aromatic nitrogens is 4. The van der Waals surface area contributed by atoms with Gasteiger partial charge in [-0.05, 0) is 31.4 Å². The van der Waals surface area contributed by atoms with Crippen LogP contribution in [0.15, 0.2) is 24.5 Å². The van der Waals surface area contributed by atoms with Gasteiger partial charge in [0.05, 0.1) is 16.8 Å². The summed E-state index contributed by atoms with van der Waals surface area (Å²) < 4.78 is 2.03. The van der Waals surface area contributed by atoms with E-state index in [4.69, 9.17) is 11.6 Å². The van der Waals surface area contributed by atoms with Crippen molar-refractivity contribution in [2.75, 3.05) is 18.0 Å². The van der Waals surface area contributed by atoms with E-state index in [9.17, 15) is 0 Å². The number of rotatable bonds is 3. The summed E-state index contributed by atoms with van der Waals surface area (Å²) in [6, 6.07) is 4.26. The number of pyridine rings is 1. The number of anilines is 1. The summed E-state index contributed by atoms with van der Waals surface area (Å²) in [6.07, 6.45) is 7.44. The van der Waals surface area contributed by atoms with Crippen molar-refractivity contribution in [3.05, 3.63) is 35.2 Å². The maximum Gasteiger partial charge on any atom is 0.128 e. The van der Waals surface area contributed by atoms with E-state index >= 15 is 0 Å². The Kier molecular flexibility index (Phi) is 2.88. The van der Waals surface area contributed by atoms with Gasteiger partial charge in [0.15, 0.2) is 0 Å². The Morgan fingerprint density at radius 3 is 2.85 bits per heavy atom. The van der Waals surface area contributed by atoms with Crippen molar-refractivity contribution in [1.82, 2.24) is 20.0 Å². The molecule has 2 fully saturated rings. The molecule has 1 aliphatic heterocycles. The fourth-order valence-corrected chi connectivity index (χ4v) is 2.87. The van der Waals surface area contributed by atoms with Gasteiger partial charge in [0.2, 0.25) is 0 Å². The molecule has 1 saturated heterocycles. The Labute approximate surface area is 122 Å². The average molecular weight is 290 g/mol. The van der Waals surface area contributed by atoms with Crippen molar-refractivity contribution in [3.8, 4) is 0 Å². The molecule has 6 heteroatoms. The molecule has 1 saturated carbocycles. The van der Waals surface area contributed by atoms with Crippen LogP contribution in [0.2, 0.25) is 5.02 Å². The molecule has 0 N–H and O–H groups in total. The Hall–Kier alpha value is -1.62. The standard InChI is InChI=1S/C14H16ClN5/c15-11-3-4-14(16-7-11)19-6-5-12(8-19)20-9-13(17-18-20)10-1-2-10/h3-4,7,9-10,12H,1-2,5-6,8H2. The van der Waals surface area contributed by atoms with Gasteiger partial charge < -0.3 is 4.90 Å². The van der Waals surface area contributed by atoms with Crippen molar-refractivity contribution < 1.29 is 0 Å². The normalized spacial score (nSPS) is 22.4. The molecule has 2 aromatic heterocycles. The monoisotopic (exact) mass is 289 g/mol. The number of hydrogen-bond donors (Lipinski definition) is 0. The number of hydrogen-bond acceptors (Lipinski definition) is 4. The van der Waals surface area contributed by atoms with Crippen molar-refractivity contribution in [3.63, 3.8) is 0 Å². The predicted molar refractivity (Wildman–Crippen MR) is 77.1 cm³/mol. The third-order valence-corrected chi connectivity index (χ3v) is 4.32. The highest BCUT2D eigenvalue weighted by Crippen LogP contribution is 2.39. The molecule has 2 aromatic rings. The minimum absolute atomic E-state index is 0.396. The molecule has 0 spiro atoms. The summed E-state index contributed by atoms with van der Waals surface area (Å²) in [5.74, 6) is 1.65. The van der Waals surface area contributed by atoms with Gasteiger partial charge in [0.1, 0.15) is 5.82 Å². The highest BCUT2D eigenvalue weighted by atomic mass is 35.5. The van der Waals surface area contributed by atoms with E-state index < -0.39 is 0 Å². The summed E-state index contributed by atoms with van der Waals surface area (Å²) in [4.78, 5) is 6.66. The van der Waals surface area contributed by atoms with Gasteiger partial charge in [-0.15, -0.1) is 5.10 Å².